The van der Waals surface area contributed by atoms with Gasteiger partial charge >= 0.3 is 0 Å². The number of rotatable bonds is 2. The summed E-state index contributed by atoms with van der Waals surface area (Å²) in [5.74, 6) is -0.342. The van der Waals surface area contributed by atoms with Crippen LogP contribution in [0.2, 0.25) is 0 Å². The third-order valence-electron chi connectivity index (χ3n) is 5.71. The molecule has 1 aliphatic carbocycles. The normalized spacial score (nSPS) is 28.3. The first-order valence-corrected chi connectivity index (χ1v) is 8.90. The number of benzene rings is 1. The number of ether oxygens (including phenoxy) is 1. The average molecular weight is 346 g/mol. The van der Waals surface area contributed by atoms with Crippen molar-refractivity contribution in [1.29, 1.82) is 0 Å². The lowest BCUT2D eigenvalue weighted by Gasteiger charge is -2.48. The number of halogens is 1. The number of piperidine rings is 1. The third kappa shape index (κ3) is 3.03. The average Bonchev–Trinajstić information content (AvgIpc) is 3.36. The van der Waals surface area contributed by atoms with Gasteiger partial charge in [-0.25, -0.2) is 4.39 Å². The van der Waals surface area contributed by atoms with Crippen LogP contribution in [0.3, 0.4) is 0 Å². The molecule has 134 valence electrons. The molecule has 1 atom stereocenters. The van der Waals surface area contributed by atoms with Crippen LogP contribution in [0.25, 0.3) is 0 Å². The van der Waals surface area contributed by atoms with Crippen LogP contribution in [0.4, 0.5) is 10.1 Å². The van der Waals surface area contributed by atoms with Crippen LogP contribution < -0.4 is 4.90 Å². The molecule has 1 aromatic carbocycles. The van der Waals surface area contributed by atoms with E-state index in [9.17, 15) is 14.0 Å². The van der Waals surface area contributed by atoms with Crippen molar-refractivity contribution in [3.8, 4) is 0 Å². The number of morpholine rings is 1. The third-order valence-corrected chi connectivity index (χ3v) is 5.71. The molecule has 0 N–H and O–H groups in total. The minimum Gasteiger partial charge on any atom is -0.361 e. The number of hydrogen-bond donors (Lipinski definition) is 0. The van der Waals surface area contributed by atoms with Gasteiger partial charge in [-0.1, -0.05) is 13.0 Å². The molecule has 1 saturated carbocycles. The molecule has 4 rings (SSSR count). The van der Waals surface area contributed by atoms with Crippen LogP contribution in [-0.2, 0) is 14.3 Å². The van der Waals surface area contributed by atoms with E-state index in [1.54, 1.807) is 17.0 Å². The summed E-state index contributed by atoms with van der Waals surface area (Å²) in [4.78, 5) is 28.5. The first-order valence-electron chi connectivity index (χ1n) is 8.90. The molecule has 5 nitrogen and oxygen atoms in total. The Morgan fingerprint density at radius 2 is 2.04 bits per heavy atom. The van der Waals surface area contributed by atoms with Gasteiger partial charge in [-0.05, 0) is 43.9 Å². The van der Waals surface area contributed by atoms with Gasteiger partial charge in [0.05, 0.1) is 13.1 Å². The summed E-state index contributed by atoms with van der Waals surface area (Å²) < 4.78 is 19.5. The lowest BCUT2D eigenvalue weighted by Crippen LogP contribution is -2.62. The molecule has 3 fully saturated rings. The van der Waals surface area contributed by atoms with Crippen LogP contribution in [0.5, 0.6) is 0 Å². The number of hydrogen-bond acceptors (Lipinski definition) is 3. The van der Waals surface area contributed by atoms with Gasteiger partial charge in [0.15, 0.2) is 0 Å². The Hall–Kier alpha value is -1.95. The second kappa shape index (κ2) is 5.80. The van der Waals surface area contributed by atoms with Crippen LogP contribution >= 0.6 is 0 Å². The molecule has 1 aromatic rings. The molecule has 6 heteroatoms. The summed E-state index contributed by atoms with van der Waals surface area (Å²) in [6.45, 7) is 3.58. The van der Waals surface area contributed by atoms with Gasteiger partial charge in [0.25, 0.3) is 5.91 Å². The predicted molar refractivity (Wildman–Crippen MR) is 90.6 cm³/mol. The Balaban J connectivity index is 1.55. The quantitative estimate of drug-likeness (QED) is 0.826. The van der Waals surface area contributed by atoms with Gasteiger partial charge in [0, 0.05) is 17.6 Å². The highest BCUT2D eigenvalue weighted by atomic mass is 19.1. The molecule has 1 spiro atoms. The van der Waals surface area contributed by atoms with Crippen LogP contribution in [-0.4, -0.2) is 48.6 Å². The number of anilines is 1. The van der Waals surface area contributed by atoms with Gasteiger partial charge < -0.3 is 14.5 Å². The highest BCUT2D eigenvalue weighted by molar-refractivity contribution is 5.95. The highest BCUT2D eigenvalue weighted by Gasteiger charge is 2.51. The fourth-order valence-corrected chi connectivity index (χ4v) is 3.90. The largest absolute Gasteiger partial charge is 0.361 e. The minimum atomic E-state index is -0.556. The number of likely N-dealkylation sites (tertiary alicyclic amines) is 1. The smallest absolute Gasteiger partial charge is 0.253 e. The lowest BCUT2D eigenvalue weighted by molar-refractivity contribution is -0.156. The van der Waals surface area contributed by atoms with Gasteiger partial charge in [-0.3, -0.25) is 9.59 Å². The van der Waals surface area contributed by atoms with Gasteiger partial charge in [-0.2, -0.15) is 0 Å². The Morgan fingerprint density at radius 3 is 2.76 bits per heavy atom. The molecule has 1 unspecified atom stereocenters. The van der Waals surface area contributed by atoms with E-state index in [0.717, 1.165) is 32.2 Å². The zero-order valence-electron chi connectivity index (χ0n) is 14.5. The van der Waals surface area contributed by atoms with Crippen molar-refractivity contribution < 1.29 is 18.7 Å². The Labute approximate surface area is 146 Å². The van der Waals surface area contributed by atoms with Crippen LogP contribution in [0.1, 0.15) is 32.6 Å². The summed E-state index contributed by atoms with van der Waals surface area (Å²) in [5, 5.41) is 0. The molecule has 25 heavy (non-hydrogen) atoms. The molecule has 2 aliphatic heterocycles. The van der Waals surface area contributed by atoms with E-state index in [2.05, 4.69) is 0 Å². The van der Waals surface area contributed by atoms with E-state index in [4.69, 9.17) is 4.74 Å². The topological polar surface area (TPSA) is 49.9 Å². The SMILES string of the molecule is CC1(C(=O)N2CCCC3(C2)CN(c2cccc(F)c2)C(=O)CO3)CC1. The molecular weight excluding hydrogens is 323 g/mol. The van der Waals surface area contributed by atoms with Gasteiger partial charge in [-0.15, -0.1) is 0 Å². The molecule has 0 aromatic heterocycles. The van der Waals surface area contributed by atoms with Gasteiger partial charge in [0.1, 0.15) is 18.0 Å². The van der Waals surface area contributed by atoms with E-state index in [0.29, 0.717) is 18.8 Å². The molecular formula is C19H23FN2O3. The first kappa shape index (κ1) is 16.5. The van der Waals surface area contributed by atoms with Crippen molar-refractivity contribution in [3.63, 3.8) is 0 Å². The van der Waals surface area contributed by atoms with Crippen molar-refractivity contribution >= 4 is 17.5 Å². The Morgan fingerprint density at radius 1 is 1.24 bits per heavy atom. The van der Waals surface area contributed by atoms with Crippen molar-refractivity contribution in [2.75, 3.05) is 31.1 Å². The zero-order valence-corrected chi connectivity index (χ0v) is 14.5. The maximum Gasteiger partial charge on any atom is 0.253 e. The summed E-state index contributed by atoms with van der Waals surface area (Å²) >= 11 is 0. The van der Waals surface area contributed by atoms with E-state index < -0.39 is 5.60 Å². The molecule has 0 radical (unpaired) electrons. The standard InChI is InChI=1S/C19H23FN2O3/c1-18(7-8-18)17(24)21-9-3-6-19(12-21)13-22(16(23)11-25-19)15-5-2-4-14(20)10-15/h2,4-5,10H,3,6-9,11-13H2,1H3. The highest BCUT2D eigenvalue weighted by Crippen LogP contribution is 2.47. The number of nitrogens with zero attached hydrogens (tertiary/aromatic N) is 2. The zero-order chi connectivity index (χ0) is 17.7. The second-order valence-electron chi connectivity index (χ2n) is 7.82. The van der Waals surface area contributed by atoms with E-state index in [1.165, 1.54) is 12.1 Å². The van der Waals surface area contributed by atoms with Crippen molar-refractivity contribution in [3.05, 3.63) is 30.1 Å². The molecule has 2 amide bonds. The van der Waals surface area contributed by atoms with E-state index >= 15 is 0 Å². The molecule has 2 saturated heterocycles. The fourth-order valence-electron chi connectivity index (χ4n) is 3.90. The van der Waals surface area contributed by atoms with Gasteiger partial charge in [0.2, 0.25) is 5.91 Å². The summed E-state index contributed by atoms with van der Waals surface area (Å²) in [6.07, 6.45) is 3.55. The van der Waals surface area contributed by atoms with Crippen molar-refractivity contribution in [1.82, 2.24) is 4.90 Å². The Bertz CT molecular complexity index is 718. The van der Waals surface area contributed by atoms with Crippen molar-refractivity contribution in [2.24, 2.45) is 5.41 Å². The number of carbonyl (C=O) groups excluding carboxylic acids is 2. The molecule has 2 heterocycles. The fraction of sp³-hybridized carbons (Fsp3) is 0.579. The minimum absolute atomic E-state index is 0.0319. The lowest BCUT2D eigenvalue weighted by atomic mass is 9.89. The monoisotopic (exact) mass is 346 g/mol. The summed E-state index contributed by atoms with van der Waals surface area (Å²) in [5.41, 5.74) is -0.213. The van der Waals surface area contributed by atoms with Crippen LogP contribution in [0.15, 0.2) is 24.3 Å². The first-order chi connectivity index (χ1) is 11.9. The maximum atomic E-state index is 13.6. The van der Waals surface area contributed by atoms with E-state index in [-0.39, 0.29) is 29.7 Å². The molecule has 0 bridgehead atoms. The Kier molecular flexibility index (Phi) is 3.83. The number of amides is 2. The summed E-state index contributed by atoms with van der Waals surface area (Å²) in [7, 11) is 0. The maximum absolute atomic E-state index is 13.6. The van der Waals surface area contributed by atoms with Crippen LogP contribution in [0, 0.1) is 11.2 Å². The number of carbonyl (C=O) groups is 2. The predicted octanol–water partition coefficient (Wildman–Crippen LogP) is 2.35. The molecule has 3 aliphatic rings. The van der Waals surface area contributed by atoms with E-state index in [1.807, 2.05) is 11.8 Å². The van der Waals surface area contributed by atoms with Crippen molar-refractivity contribution in [2.45, 2.75) is 38.2 Å². The second-order valence-corrected chi connectivity index (χ2v) is 7.82. The summed E-state index contributed by atoms with van der Waals surface area (Å²) in [6, 6.07) is 6.07.